The van der Waals surface area contributed by atoms with Crippen molar-refractivity contribution in [1.82, 2.24) is 9.97 Å². The zero-order valence-corrected chi connectivity index (χ0v) is 11.3. The number of hydrogen-bond acceptors (Lipinski definition) is 4. The summed E-state index contributed by atoms with van der Waals surface area (Å²) in [5.41, 5.74) is 6.44. The summed E-state index contributed by atoms with van der Waals surface area (Å²) in [5, 5.41) is 0.321. The van der Waals surface area contributed by atoms with Crippen molar-refractivity contribution in [2.24, 2.45) is 0 Å². The Balaban J connectivity index is 2.34. The third kappa shape index (κ3) is 2.87. The van der Waals surface area contributed by atoms with Gasteiger partial charge in [-0.1, -0.05) is 27.5 Å². The van der Waals surface area contributed by atoms with Gasteiger partial charge >= 0.3 is 0 Å². The summed E-state index contributed by atoms with van der Waals surface area (Å²) in [6.45, 7) is 1.93. The number of rotatable bonds is 2. The summed E-state index contributed by atoms with van der Waals surface area (Å²) in [6, 6.07) is 5.64. The van der Waals surface area contributed by atoms with Crippen molar-refractivity contribution in [3.05, 3.63) is 39.5 Å². The first-order valence-electron chi connectivity index (χ1n) is 4.78. The quantitative estimate of drug-likeness (QED) is 0.920. The highest BCUT2D eigenvalue weighted by molar-refractivity contribution is 9.10. The number of hydrogen-bond donors (Lipinski definition) is 1. The lowest BCUT2D eigenvalue weighted by molar-refractivity contribution is 0.459. The van der Waals surface area contributed by atoms with Crippen molar-refractivity contribution in [2.45, 2.75) is 6.92 Å². The van der Waals surface area contributed by atoms with E-state index in [0.29, 0.717) is 10.8 Å². The van der Waals surface area contributed by atoms with Crippen molar-refractivity contribution < 1.29 is 4.74 Å². The van der Waals surface area contributed by atoms with Gasteiger partial charge in [-0.2, -0.15) is 4.98 Å². The minimum Gasteiger partial charge on any atom is -0.437 e. The lowest BCUT2D eigenvalue weighted by Gasteiger charge is -2.09. The summed E-state index contributed by atoms with van der Waals surface area (Å²) in [4.78, 5) is 7.70. The van der Waals surface area contributed by atoms with E-state index < -0.39 is 0 Å². The van der Waals surface area contributed by atoms with Gasteiger partial charge < -0.3 is 10.5 Å². The van der Waals surface area contributed by atoms with Crippen LogP contribution in [0.3, 0.4) is 0 Å². The molecule has 2 aromatic rings. The Kier molecular flexibility index (Phi) is 3.49. The number of halogens is 2. The third-order valence-electron chi connectivity index (χ3n) is 2.07. The van der Waals surface area contributed by atoms with E-state index in [9.17, 15) is 0 Å². The number of ether oxygens (including phenoxy) is 1. The van der Waals surface area contributed by atoms with Crippen LogP contribution in [0.2, 0.25) is 5.02 Å². The zero-order chi connectivity index (χ0) is 12.4. The van der Waals surface area contributed by atoms with Crippen molar-refractivity contribution in [3.8, 4) is 11.6 Å². The first-order chi connectivity index (χ1) is 8.06. The first kappa shape index (κ1) is 12.1. The topological polar surface area (TPSA) is 61.0 Å². The fourth-order valence-electron chi connectivity index (χ4n) is 1.27. The van der Waals surface area contributed by atoms with Gasteiger partial charge in [-0.25, -0.2) is 4.98 Å². The molecule has 1 aromatic carbocycles. The standard InChI is InChI=1S/C11H9BrClN3O/c1-6-4-7(12)2-3-9(6)17-10-8(13)5-15-11(14)16-10/h2-5H,1H3,(H2,14,15,16). The smallest absolute Gasteiger partial charge is 0.243 e. The zero-order valence-electron chi connectivity index (χ0n) is 8.95. The largest absolute Gasteiger partial charge is 0.437 e. The maximum Gasteiger partial charge on any atom is 0.243 e. The average molecular weight is 315 g/mol. The van der Waals surface area contributed by atoms with Crippen LogP contribution in [0.1, 0.15) is 5.56 Å². The van der Waals surface area contributed by atoms with E-state index in [1.54, 1.807) is 0 Å². The van der Waals surface area contributed by atoms with Crippen molar-refractivity contribution >= 4 is 33.5 Å². The molecule has 0 atom stereocenters. The molecule has 1 aromatic heterocycles. The molecule has 88 valence electrons. The fourth-order valence-corrected chi connectivity index (χ4v) is 1.87. The molecule has 0 aliphatic carbocycles. The number of nitrogens with zero attached hydrogens (tertiary/aromatic N) is 2. The van der Waals surface area contributed by atoms with Crippen molar-refractivity contribution in [3.63, 3.8) is 0 Å². The molecule has 6 heteroatoms. The number of nitrogen functional groups attached to an aromatic ring is 1. The minimum absolute atomic E-state index is 0.124. The molecule has 2 rings (SSSR count). The van der Waals surface area contributed by atoms with E-state index in [1.807, 2.05) is 25.1 Å². The van der Waals surface area contributed by atoms with Gasteiger partial charge in [0.25, 0.3) is 0 Å². The monoisotopic (exact) mass is 313 g/mol. The van der Waals surface area contributed by atoms with E-state index in [0.717, 1.165) is 10.0 Å². The summed E-state index contributed by atoms with van der Waals surface area (Å²) in [7, 11) is 0. The summed E-state index contributed by atoms with van der Waals surface area (Å²) < 4.78 is 6.57. The summed E-state index contributed by atoms with van der Waals surface area (Å²) in [5.74, 6) is 1.05. The van der Waals surface area contributed by atoms with Gasteiger partial charge in [0.05, 0.1) is 6.20 Å². The molecule has 0 aliphatic rings. The Bertz CT molecular complexity index is 562. The number of anilines is 1. The molecule has 0 aliphatic heterocycles. The maximum absolute atomic E-state index is 5.91. The second-order valence-electron chi connectivity index (χ2n) is 3.39. The fraction of sp³-hybridized carbons (Fsp3) is 0.0909. The second-order valence-corrected chi connectivity index (χ2v) is 4.72. The molecule has 0 saturated heterocycles. The van der Waals surface area contributed by atoms with Crippen LogP contribution < -0.4 is 10.5 Å². The Morgan fingerprint density at radius 2 is 2.18 bits per heavy atom. The average Bonchev–Trinajstić information content (AvgIpc) is 2.27. The summed E-state index contributed by atoms with van der Waals surface area (Å²) in [6.07, 6.45) is 1.41. The van der Waals surface area contributed by atoms with Crippen molar-refractivity contribution in [1.29, 1.82) is 0 Å². The van der Waals surface area contributed by atoms with Gasteiger partial charge in [-0.3, -0.25) is 0 Å². The van der Waals surface area contributed by atoms with E-state index in [2.05, 4.69) is 25.9 Å². The normalized spacial score (nSPS) is 10.3. The van der Waals surface area contributed by atoms with Crippen LogP contribution in [-0.4, -0.2) is 9.97 Å². The molecule has 0 spiro atoms. The molecular weight excluding hydrogens is 305 g/mol. The molecule has 17 heavy (non-hydrogen) atoms. The van der Waals surface area contributed by atoms with Gasteiger partial charge in [0, 0.05) is 4.47 Å². The van der Waals surface area contributed by atoms with Gasteiger partial charge in [0.15, 0.2) is 0 Å². The lowest BCUT2D eigenvalue weighted by atomic mass is 10.2. The minimum atomic E-state index is 0.124. The molecule has 0 amide bonds. The highest BCUT2D eigenvalue weighted by Crippen LogP contribution is 2.30. The Morgan fingerprint density at radius 1 is 1.41 bits per heavy atom. The van der Waals surface area contributed by atoms with Crippen LogP contribution in [0.5, 0.6) is 11.6 Å². The predicted molar refractivity (Wildman–Crippen MR) is 70.4 cm³/mol. The molecule has 0 fully saturated rings. The second kappa shape index (κ2) is 4.89. The number of benzene rings is 1. The van der Waals surface area contributed by atoms with E-state index in [4.69, 9.17) is 22.1 Å². The molecule has 2 N–H and O–H groups in total. The Morgan fingerprint density at radius 3 is 2.88 bits per heavy atom. The molecule has 0 saturated carbocycles. The summed E-state index contributed by atoms with van der Waals surface area (Å²) >= 11 is 9.30. The van der Waals surface area contributed by atoms with Gasteiger partial charge in [0.2, 0.25) is 11.8 Å². The van der Waals surface area contributed by atoms with Crippen LogP contribution in [0.25, 0.3) is 0 Å². The number of aromatic nitrogens is 2. The highest BCUT2D eigenvalue weighted by atomic mass is 79.9. The Hall–Kier alpha value is -1.33. The SMILES string of the molecule is Cc1cc(Br)ccc1Oc1nc(N)ncc1Cl. The van der Waals surface area contributed by atoms with E-state index in [1.165, 1.54) is 6.20 Å². The lowest BCUT2D eigenvalue weighted by Crippen LogP contribution is -1.98. The van der Waals surface area contributed by atoms with Gasteiger partial charge in [0.1, 0.15) is 10.8 Å². The van der Waals surface area contributed by atoms with Crippen molar-refractivity contribution in [2.75, 3.05) is 5.73 Å². The van der Waals surface area contributed by atoms with Crippen LogP contribution in [-0.2, 0) is 0 Å². The van der Waals surface area contributed by atoms with Gasteiger partial charge in [-0.15, -0.1) is 0 Å². The van der Waals surface area contributed by atoms with Crippen LogP contribution in [0.4, 0.5) is 5.95 Å². The molecule has 1 heterocycles. The van der Waals surface area contributed by atoms with Gasteiger partial charge in [-0.05, 0) is 30.7 Å². The molecule has 0 radical (unpaired) electrons. The van der Waals surface area contributed by atoms with E-state index >= 15 is 0 Å². The van der Waals surface area contributed by atoms with Crippen LogP contribution in [0.15, 0.2) is 28.9 Å². The highest BCUT2D eigenvalue weighted by Gasteiger charge is 2.08. The maximum atomic E-state index is 5.91. The molecule has 4 nitrogen and oxygen atoms in total. The molecule has 0 unspecified atom stereocenters. The third-order valence-corrected chi connectivity index (χ3v) is 2.83. The first-order valence-corrected chi connectivity index (χ1v) is 5.95. The molecular formula is C11H9BrClN3O. The predicted octanol–water partition coefficient (Wildman–Crippen LogP) is 3.58. The Labute approximate surface area is 112 Å². The number of nitrogens with two attached hydrogens (primary N) is 1. The van der Waals surface area contributed by atoms with Crippen LogP contribution >= 0.6 is 27.5 Å². The van der Waals surface area contributed by atoms with Crippen LogP contribution in [0, 0.1) is 6.92 Å². The number of aryl methyl sites for hydroxylation is 1. The molecule has 0 bridgehead atoms. The van der Waals surface area contributed by atoms with E-state index in [-0.39, 0.29) is 11.8 Å².